The first-order valence-corrected chi connectivity index (χ1v) is 12.9. The fourth-order valence-corrected chi connectivity index (χ4v) is 4.83. The Morgan fingerprint density at radius 2 is 1.72 bits per heavy atom. The molecular formula is C28H23BrN4O2S. The maximum Gasteiger partial charge on any atom is 0.164 e. The van der Waals surface area contributed by atoms with Crippen LogP contribution < -0.4 is 10.1 Å². The average molecular weight is 559 g/mol. The third-order valence-electron chi connectivity index (χ3n) is 5.56. The molecular weight excluding hydrogens is 536 g/mol. The normalized spacial score (nSPS) is 11.9. The Bertz CT molecular complexity index is 1510. The molecule has 0 aliphatic heterocycles. The third-order valence-corrected chi connectivity index (χ3v) is 7.17. The summed E-state index contributed by atoms with van der Waals surface area (Å²) in [6, 6.07) is 25.1. The minimum absolute atomic E-state index is 0.131. The molecule has 0 aliphatic rings. The number of phenols is 1. The van der Waals surface area contributed by atoms with E-state index in [9.17, 15) is 5.11 Å². The van der Waals surface area contributed by atoms with Gasteiger partial charge in [0.25, 0.3) is 0 Å². The molecule has 3 aromatic carbocycles. The van der Waals surface area contributed by atoms with E-state index in [2.05, 4.69) is 36.2 Å². The minimum Gasteiger partial charge on any atom is -0.508 e. The fourth-order valence-electron chi connectivity index (χ4n) is 3.68. The van der Waals surface area contributed by atoms with Crippen molar-refractivity contribution in [1.82, 2.24) is 15.0 Å². The summed E-state index contributed by atoms with van der Waals surface area (Å²) in [4.78, 5) is 15.3. The quantitative estimate of drug-likeness (QED) is 0.210. The van der Waals surface area contributed by atoms with Crippen LogP contribution in [0.3, 0.4) is 0 Å². The van der Waals surface area contributed by atoms with Crippen molar-refractivity contribution in [2.75, 3.05) is 5.32 Å². The van der Waals surface area contributed by atoms with Crippen LogP contribution >= 0.6 is 27.7 Å². The molecule has 8 heteroatoms. The standard InChI is InChI=1S/C28H23BrN4O2S/c1-17-3-13-24-27(32-17)30-16-31-28(24)33-25-15-22(35-18(2)19-4-6-20(29)7-5-19)10-14-26(25)36-23-11-8-21(34)9-12-23/h3-16,18,34H,1-2H3,(H,30,31,32,33). The van der Waals surface area contributed by atoms with Crippen molar-refractivity contribution in [1.29, 1.82) is 0 Å². The lowest BCUT2D eigenvalue weighted by molar-refractivity contribution is 0.227. The molecule has 0 spiro atoms. The van der Waals surface area contributed by atoms with Gasteiger partial charge in [-0.3, -0.25) is 0 Å². The molecule has 0 aliphatic carbocycles. The van der Waals surface area contributed by atoms with Gasteiger partial charge in [-0.2, -0.15) is 0 Å². The Morgan fingerprint density at radius 1 is 0.944 bits per heavy atom. The zero-order chi connectivity index (χ0) is 25.1. The van der Waals surface area contributed by atoms with Crippen molar-refractivity contribution < 1.29 is 9.84 Å². The Morgan fingerprint density at radius 3 is 2.50 bits per heavy atom. The summed E-state index contributed by atoms with van der Waals surface area (Å²) in [7, 11) is 0. The molecule has 5 aromatic rings. The summed E-state index contributed by atoms with van der Waals surface area (Å²) >= 11 is 5.06. The number of aromatic hydroxyl groups is 1. The molecule has 6 nitrogen and oxygen atoms in total. The van der Waals surface area contributed by atoms with Crippen LogP contribution in [-0.2, 0) is 0 Å². The number of rotatable bonds is 7. The van der Waals surface area contributed by atoms with Crippen LogP contribution in [0.1, 0.15) is 24.3 Å². The van der Waals surface area contributed by atoms with Crippen molar-refractivity contribution in [3.05, 3.63) is 101 Å². The highest BCUT2D eigenvalue weighted by Crippen LogP contribution is 2.39. The van der Waals surface area contributed by atoms with Gasteiger partial charge in [0.2, 0.25) is 0 Å². The Balaban J connectivity index is 1.49. The summed E-state index contributed by atoms with van der Waals surface area (Å²) in [5, 5.41) is 14.0. The topological polar surface area (TPSA) is 80.2 Å². The first-order valence-electron chi connectivity index (χ1n) is 11.3. The lowest BCUT2D eigenvalue weighted by Crippen LogP contribution is -2.04. The first-order chi connectivity index (χ1) is 17.4. The van der Waals surface area contributed by atoms with E-state index in [4.69, 9.17) is 4.74 Å². The molecule has 5 rings (SSSR count). The molecule has 1 atom stereocenters. The Kier molecular flexibility index (Phi) is 7.06. The fraction of sp³-hybridized carbons (Fsp3) is 0.107. The molecule has 36 heavy (non-hydrogen) atoms. The molecule has 0 saturated carbocycles. The van der Waals surface area contributed by atoms with Crippen LogP contribution in [0.4, 0.5) is 11.5 Å². The van der Waals surface area contributed by atoms with Crippen LogP contribution in [0.5, 0.6) is 11.5 Å². The average Bonchev–Trinajstić information content (AvgIpc) is 2.87. The minimum atomic E-state index is -0.131. The number of phenolic OH excluding ortho intramolecular Hbond substituents is 1. The molecule has 0 saturated heterocycles. The van der Waals surface area contributed by atoms with Crippen LogP contribution in [0.2, 0.25) is 0 Å². The second-order valence-electron chi connectivity index (χ2n) is 8.24. The number of hydrogen-bond acceptors (Lipinski definition) is 7. The van der Waals surface area contributed by atoms with Gasteiger partial charge >= 0.3 is 0 Å². The maximum atomic E-state index is 9.66. The number of fused-ring (bicyclic) bond motifs is 1. The van der Waals surface area contributed by atoms with E-state index in [1.165, 1.54) is 6.33 Å². The Hall–Kier alpha value is -3.62. The smallest absolute Gasteiger partial charge is 0.164 e. The number of nitrogens with zero attached hydrogens (tertiary/aromatic N) is 3. The van der Waals surface area contributed by atoms with Gasteiger partial charge in [-0.15, -0.1) is 0 Å². The molecule has 0 fully saturated rings. The van der Waals surface area contributed by atoms with Crippen LogP contribution in [0.25, 0.3) is 11.0 Å². The van der Waals surface area contributed by atoms with Gasteiger partial charge < -0.3 is 15.2 Å². The summed E-state index contributed by atoms with van der Waals surface area (Å²) < 4.78 is 7.33. The third kappa shape index (κ3) is 5.61. The highest BCUT2D eigenvalue weighted by atomic mass is 79.9. The van der Waals surface area contributed by atoms with E-state index >= 15 is 0 Å². The highest BCUT2D eigenvalue weighted by molar-refractivity contribution is 9.10. The highest BCUT2D eigenvalue weighted by Gasteiger charge is 2.13. The summed E-state index contributed by atoms with van der Waals surface area (Å²) in [6.45, 7) is 3.97. The van der Waals surface area contributed by atoms with Gasteiger partial charge in [-0.1, -0.05) is 39.8 Å². The number of nitrogens with one attached hydrogen (secondary N) is 1. The number of aryl methyl sites for hydroxylation is 1. The van der Waals surface area contributed by atoms with E-state index in [1.54, 1.807) is 23.9 Å². The lowest BCUT2D eigenvalue weighted by atomic mass is 10.1. The molecule has 180 valence electrons. The van der Waals surface area contributed by atoms with E-state index in [0.29, 0.717) is 11.5 Å². The Labute approximate surface area is 221 Å². The van der Waals surface area contributed by atoms with Crippen LogP contribution in [-0.4, -0.2) is 20.1 Å². The summed E-state index contributed by atoms with van der Waals surface area (Å²) in [5.41, 5.74) is 3.46. The molecule has 0 amide bonds. The molecule has 2 heterocycles. The number of hydrogen-bond donors (Lipinski definition) is 2. The zero-order valence-corrected chi connectivity index (χ0v) is 22.0. The first kappa shape index (κ1) is 24.1. The predicted octanol–water partition coefficient (Wildman–Crippen LogP) is 7.84. The van der Waals surface area contributed by atoms with Crippen molar-refractivity contribution in [2.45, 2.75) is 29.7 Å². The number of aromatic nitrogens is 3. The SMILES string of the molecule is Cc1ccc2c(Nc3cc(OC(C)c4ccc(Br)cc4)ccc3Sc3ccc(O)cc3)ncnc2n1. The number of benzene rings is 3. The van der Waals surface area contributed by atoms with Crippen LogP contribution in [0, 0.1) is 6.92 Å². The van der Waals surface area contributed by atoms with E-state index < -0.39 is 0 Å². The van der Waals surface area contributed by atoms with Gasteiger partial charge in [0.05, 0.1) is 11.1 Å². The molecule has 2 aromatic heterocycles. The number of anilines is 2. The zero-order valence-electron chi connectivity index (χ0n) is 19.6. The maximum absolute atomic E-state index is 9.66. The second kappa shape index (κ2) is 10.6. The number of halogens is 1. The molecule has 1 unspecified atom stereocenters. The number of ether oxygens (including phenoxy) is 1. The molecule has 2 N–H and O–H groups in total. The monoisotopic (exact) mass is 558 g/mol. The van der Waals surface area contributed by atoms with Crippen LogP contribution in [0.15, 0.2) is 99.5 Å². The van der Waals surface area contributed by atoms with Gasteiger partial charge in [0.15, 0.2) is 5.65 Å². The predicted molar refractivity (Wildman–Crippen MR) is 147 cm³/mol. The van der Waals surface area contributed by atoms with E-state index in [0.717, 1.165) is 42.3 Å². The van der Waals surface area contributed by atoms with Crippen molar-refractivity contribution in [2.24, 2.45) is 0 Å². The van der Waals surface area contributed by atoms with Gasteiger partial charge in [0, 0.05) is 26.0 Å². The molecule has 0 bridgehead atoms. The van der Waals surface area contributed by atoms with Gasteiger partial charge in [0.1, 0.15) is 29.7 Å². The second-order valence-corrected chi connectivity index (χ2v) is 10.3. The molecule has 0 radical (unpaired) electrons. The summed E-state index contributed by atoms with van der Waals surface area (Å²) in [5.74, 6) is 1.63. The van der Waals surface area contributed by atoms with Crippen molar-refractivity contribution in [3.63, 3.8) is 0 Å². The van der Waals surface area contributed by atoms with E-state index in [-0.39, 0.29) is 11.9 Å². The largest absolute Gasteiger partial charge is 0.508 e. The van der Waals surface area contributed by atoms with Crippen molar-refractivity contribution >= 4 is 50.2 Å². The van der Waals surface area contributed by atoms with Gasteiger partial charge in [-0.05, 0) is 80.1 Å². The lowest BCUT2D eigenvalue weighted by Gasteiger charge is -2.18. The van der Waals surface area contributed by atoms with E-state index in [1.807, 2.05) is 80.6 Å². The number of pyridine rings is 1. The summed E-state index contributed by atoms with van der Waals surface area (Å²) in [6.07, 6.45) is 1.38. The van der Waals surface area contributed by atoms with Gasteiger partial charge in [-0.25, -0.2) is 15.0 Å². The van der Waals surface area contributed by atoms with Crippen molar-refractivity contribution in [3.8, 4) is 11.5 Å².